The van der Waals surface area contributed by atoms with Crippen molar-refractivity contribution in [3.8, 4) is 5.75 Å². The van der Waals surface area contributed by atoms with Crippen molar-refractivity contribution in [2.24, 2.45) is 5.92 Å². The molecule has 4 nitrogen and oxygen atoms in total. The summed E-state index contributed by atoms with van der Waals surface area (Å²) < 4.78 is 5.52. The van der Waals surface area contributed by atoms with Gasteiger partial charge in [-0.05, 0) is 62.1 Å². The maximum absolute atomic E-state index is 13.2. The fourth-order valence-corrected chi connectivity index (χ4v) is 4.89. The molecule has 30 heavy (non-hydrogen) atoms. The Morgan fingerprint density at radius 1 is 1.13 bits per heavy atom. The molecule has 1 saturated carbocycles. The topological polar surface area (TPSA) is 51.2 Å². The molecule has 156 valence electrons. The average molecular weight is 421 g/mol. The van der Waals surface area contributed by atoms with Crippen LogP contribution in [0.2, 0.25) is 0 Å². The zero-order valence-corrected chi connectivity index (χ0v) is 18.4. The minimum atomic E-state index is 0.000828. The predicted molar refractivity (Wildman–Crippen MR) is 122 cm³/mol. The predicted octanol–water partition coefficient (Wildman–Crippen LogP) is 6.09. The highest BCUT2D eigenvalue weighted by Gasteiger charge is 2.24. The first-order valence-electron chi connectivity index (χ1n) is 10.8. The minimum Gasteiger partial charge on any atom is -0.494 e. The molecule has 1 amide bonds. The second-order valence-corrected chi connectivity index (χ2v) is 8.97. The third-order valence-corrected chi connectivity index (χ3v) is 6.65. The van der Waals surface area contributed by atoms with Crippen LogP contribution in [0.5, 0.6) is 5.75 Å². The van der Waals surface area contributed by atoms with Gasteiger partial charge in [0.15, 0.2) is 0 Å². The SMILES string of the molecule is CCOc1ccc(Sc2cc(C(=O)N[C@@H]3CCCC[C@@H]3C)c3ccccc3n2)cc1. The molecule has 0 aliphatic heterocycles. The van der Waals surface area contributed by atoms with Gasteiger partial charge >= 0.3 is 0 Å². The molecule has 1 heterocycles. The van der Waals surface area contributed by atoms with Crippen molar-refractivity contribution >= 4 is 28.6 Å². The second kappa shape index (κ2) is 9.52. The largest absolute Gasteiger partial charge is 0.494 e. The summed E-state index contributed by atoms with van der Waals surface area (Å²) in [6.07, 6.45) is 4.68. The molecule has 2 aromatic carbocycles. The molecule has 1 aliphatic rings. The molecular weight excluding hydrogens is 392 g/mol. The van der Waals surface area contributed by atoms with Gasteiger partial charge in [0, 0.05) is 16.3 Å². The number of hydrogen-bond acceptors (Lipinski definition) is 4. The van der Waals surface area contributed by atoms with E-state index in [9.17, 15) is 4.79 Å². The number of hydrogen-bond donors (Lipinski definition) is 1. The van der Waals surface area contributed by atoms with Crippen molar-refractivity contribution in [1.82, 2.24) is 10.3 Å². The average Bonchev–Trinajstić information content (AvgIpc) is 2.76. The van der Waals surface area contributed by atoms with E-state index in [0.717, 1.165) is 33.0 Å². The highest BCUT2D eigenvalue weighted by molar-refractivity contribution is 7.99. The Morgan fingerprint density at radius 2 is 1.90 bits per heavy atom. The lowest BCUT2D eigenvalue weighted by Crippen LogP contribution is -2.41. The summed E-state index contributed by atoms with van der Waals surface area (Å²) in [7, 11) is 0. The Bertz CT molecular complexity index is 1020. The van der Waals surface area contributed by atoms with E-state index in [1.165, 1.54) is 19.3 Å². The van der Waals surface area contributed by atoms with Crippen LogP contribution < -0.4 is 10.1 Å². The van der Waals surface area contributed by atoms with E-state index in [2.05, 4.69) is 12.2 Å². The summed E-state index contributed by atoms with van der Waals surface area (Å²) >= 11 is 1.56. The van der Waals surface area contributed by atoms with Gasteiger partial charge in [0.2, 0.25) is 0 Å². The Hall–Kier alpha value is -2.53. The third-order valence-electron chi connectivity index (χ3n) is 5.72. The first kappa shape index (κ1) is 20.7. The normalized spacial score (nSPS) is 18.9. The van der Waals surface area contributed by atoms with Gasteiger partial charge in [-0.15, -0.1) is 0 Å². The van der Waals surface area contributed by atoms with Crippen LogP contribution in [0.15, 0.2) is 64.5 Å². The van der Waals surface area contributed by atoms with E-state index in [1.54, 1.807) is 11.8 Å². The monoisotopic (exact) mass is 420 g/mol. The molecule has 2 atom stereocenters. The van der Waals surface area contributed by atoms with Crippen LogP contribution in [0, 0.1) is 5.92 Å². The number of amides is 1. The molecule has 1 aromatic heterocycles. The van der Waals surface area contributed by atoms with Crippen molar-refractivity contribution in [2.45, 2.75) is 55.5 Å². The van der Waals surface area contributed by atoms with Crippen LogP contribution in [0.4, 0.5) is 0 Å². The third kappa shape index (κ3) is 4.78. The molecule has 1 aliphatic carbocycles. The van der Waals surface area contributed by atoms with Gasteiger partial charge in [0.1, 0.15) is 10.8 Å². The molecule has 4 rings (SSSR count). The molecule has 1 fully saturated rings. The van der Waals surface area contributed by atoms with Crippen molar-refractivity contribution in [2.75, 3.05) is 6.61 Å². The Labute approximate surface area is 182 Å². The number of benzene rings is 2. The molecular formula is C25H28N2O2S. The zero-order chi connectivity index (χ0) is 20.9. The highest BCUT2D eigenvalue weighted by Crippen LogP contribution is 2.31. The number of aromatic nitrogens is 1. The van der Waals surface area contributed by atoms with E-state index in [1.807, 2.05) is 61.5 Å². The van der Waals surface area contributed by atoms with Gasteiger partial charge in [0.25, 0.3) is 5.91 Å². The lowest BCUT2D eigenvalue weighted by molar-refractivity contribution is 0.0911. The fourth-order valence-electron chi connectivity index (χ4n) is 4.06. The van der Waals surface area contributed by atoms with Crippen LogP contribution >= 0.6 is 11.8 Å². The van der Waals surface area contributed by atoms with Crippen LogP contribution in [0.3, 0.4) is 0 Å². The molecule has 0 saturated heterocycles. The van der Waals surface area contributed by atoms with E-state index >= 15 is 0 Å². The smallest absolute Gasteiger partial charge is 0.252 e. The maximum Gasteiger partial charge on any atom is 0.252 e. The van der Waals surface area contributed by atoms with Gasteiger partial charge in [-0.1, -0.05) is 49.7 Å². The minimum absolute atomic E-state index is 0.000828. The molecule has 5 heteroatoms. The number of carbonyl (C=O) groups is 1. The van der Waals surface area contributed by atoms with E-state index in [-0.39, 0.29) is 11.9 Å². The number of para-hydroxylation sites is 1. The lowest BCUT2D eigenvalue weighted by Gasteiger charge is -2.29. The standard InChI is InChI=1S/C25H28N2O2S/c1-3-29-18-12-14-19(15-13-18)30-24-16-21(20-9-5-7-11-23(20)26-24)25(28)27-22-10-6-4-8-17(22)2/h5,7,9,11-17,22H,3-4,6,8,10H2,1-2H3,(H,27,28)/t17-,22+/m0/s1. The molecule has 1 N–H and O–H groups in total. The molecule has 0 spiro atoms. The number of ether oxygens (including phenoxy) is 1. The molecule has 3 aromatic rings. The van der Waals surface area contributed by atoms with E-state index in [4.69, 9.17) is 9.72 Å². The zero-order valence-electron chi connectivity index (χ0n) is 17.6. The van der Waals surface area contributed by atoms with Crippen molar-refractivity contribution in [3.63, 3.8) is 0 Å². The maximum atomic E-state index is 13.2. The second-order valence-electron chi connectivity index (χ2n) is 7.87. The summed E-state index contributed by atoms with van der Waals surface area (Å²) in [6, 6.07) is 18.0. The van der Waals surface area contributed by atoms with Gasteiger partial charge in [-0.25, -0.2) is 4.98 Å². The number of carbonyl (C=O) groups excluding carboxylic acids is 1. The van der Waals surface area contributed by atoms with Gasteiger partial charge in [0.05, 0.1) is 17.7 Å². The van der Waals surface area contributed by atoms with Crippen LogP contribution in [-0.4, -0.2) is 23.5 Å². The highest BCUT2D eigenvalue weighted by atomic mass is 32.2. The van der Waals surface area contributed by atoms with Crippen LogP contribution in [0.25, 0.3) is 10.9 Å². The number of nitrogens with one attached hydrogen (secondary N) is 1. The molecule has 0 unspecified atom stereocenters. The van der Waals surface area contributed by atoms with E-state index in [0.29, 0.717) is 18.1 Å². The lowest BCUT2D eigenvalue weighted by atomic mass is 9.86. The summed E-state index contributed by atoms with van der Waals surface area (Å²) in [5.41, 5.74) is 1.54. The first-order valence-corrected chi connectivity index (χ1v) is 11.6. The molecule has 0 radical (unpaired) electrons. The Kier molecular flexibility index (Phi) is 6.58. The Balaban J connectivity index is 1.61. The molecule has 0 bridgehead atoms. The summed E-state index contributed by atoms with van der Waals surface area (Å²) in [4.78, 5) is 19.1. The van der Waals surface area contributed by atoms with E-state index < -0.39 is 0 Å². The van der Waals surface area contributed by atoms with Gasteiger partial charge < -0.3 is 10.1 Å². The quantitative estimate of drug-likeness (QED) is 0.524. The Morgan fingerprint density at radius 3 is 2.67 bits per heavy atom. The van der Waals surface area contributed by atoms with Crippen molar-refractivity contribution < 1.29 is 9.53 Å². The van der Waals surface area contributed by atoms with Crippen molar-refractivity contribution in [3.05, 3.63) is 60.2 Å². The van der Waals surface area contributed by atoms with Crippen LogP contribution in [-0.2, 0) is 0 Å². The van der Waals surface area contributed by atoms with Gasteiger partial charge in [-0.2, -0.15) is 0 Å². The number of nitrogens with zero attached hydrogens (tertiary/aromatic N) is 1. The summed E-state index contributed by atoms with van der Waals surface area (Å²) in [5, 5.41) is 5.01. The van der Waals surface area contributed by atoms with Crippen LogP contribution in [0.1, 0.15) is 49.9 Å². The fraction of sp³-hybridized carbons (Fsp3) is 0.360. The van der Waals surface area contributed by atoms with Gasteiger partial charge in [-0.3, -0.25) is 4.79 Å². The number of rotatable bonds is 6. The summed E-state index contributed by atoms with van der Waals surface area (Å²) in [5.74, 6) is 1.38. The van der Waals surface area contributed by atoms with Crippen molar-refractivity contribution in [1.29, 1.82) is 0 Å². The number of fused-ring (bicyclic) bond motifs is 1. The first-order chi connectivity index (χ1) is 14.6. The summed E-state index contributed by atoms with van der Waals surface area (Å²) in [6.45, 7) is 4.86. The number of pyridine rings is 1.